The van der Waals surface area contributed by atoms with Gasteiger partial charge in [0, 0.05) is 7.05 Å². The van der Waals surface area contributed by atoms with Crippen molar-refractivity contribution in [3.05, 3.63) is 40.4 Å². The van der Waals surface area contributed by atoms with Gasteiger partial charge in [-0.15, -0.1) is 0 Å². The van der Waals surface area contributed by atoms with Crippen molar-refractivity contribution in [3.63, 3.8) is 0 Å². The van der Waals surface area contributed by atoms with E-state index in [9.17, 15) is 9.59 Å². The third-order valence-corrected chi connectivity index (χ3v) is 2.75. The predicted molar refractivity (Wildman–Crippen MR) is 71.9 cm³/mol. The predicted octanol–water partition coefficient (Wildman–Crippen LogP) is 1.43. The second-order valence-electron chi connectivity index (χ2n) is 4.02. The Bertz CT molecular complexity index is 678. The van der Waals surface area contributed by atoms with E-state index in [0.29, 0.717) is 16.7 Å². The fraction of sp³-hybridized carbons (Fsp3) is 0.308. The molecule has 19 heavy (non-hydrogen) atoms. The quantitative estimate of drug-likeness (QED) is 0.820. The molecule has 1 amide bonds. The summed E-state index contributed by atoms with van der Waals surface area (Å²) in [5, 5.41) is 1.59. The van der Waals surface area contributed by atoms with Crippen LogP contribution in [0.3, 0.4) is 0 Å². The number of aromatic nitrogens is 2. The molecule has 0 saturated heterocycles. The maximum absolute atomic E-state index is 12.4. The van der Waals surface area contributed by atoms with E-state index in [2.05, 4.69) is 4.98 Å². The van der Waals surface area contributed by atoms with E-state index >= 15 is 0 Å². The molecule has 0 radical (unpaired) electrons. The average Bonchev–Trinajstić information content (AvgIpc) is 2.38. The van der Waals surface area contributed by atoms with E-state index in [4.69, 9.17) is 4.74 Å². The molecule has 100 valence electrons. The van der Waals surface area contributed by atoms with Gasteiger partial charge in [-0.1, -0.05) is 12.1 Å². The van der Waals surface area contributed by atoms with Crippen molar-refractivity contribution in [2.24, 2.45) is 0 Å². The summed E-state index contributed by atoms with van der Waals surface area (Å²) in [7, 11) is 1.48. The fourth-order valence-corrected chi connectivity index (χ4v) is 1.89. The molecule has 0 fully saturated rings. The zero-order valence-electron chi connectivity index (χ0n) is 11.1. The van der Waals surface area contributed by atoms with Crippen LogP contribution >= 0.6 is 0 Å². The SMILES string of the molecule is CCOC(=O)N(C)n1c(C)nc2ccccc2c1=O. The lowest BCUT2D eigenvalue weighted by atomic mass is 10.2. The molecule has 6 nitrogen and oxygen atoms in total. The van der Waals surface area contributed by atoms with Crippen molar-refractivity contribution in [3.8, 4) is 0 Å². The van der Waals surface area contributed by atoms with E-state index in [1.54, 1.807) is 32.0 Å². The molecule has 0 aliphatic heterocycles. The molecule has 2 rings (SSSR count). The Labute approximate surface area is 110 Å². The van der Waals surface area contributed by atoms with Crippen molar-refractivity contribution < 1.29 is 9.53 Å². The lowest BCUT2D eigenvalue weighted by Gasteiger charge is -2.20. The van der Waals surface area contributed by atoms with Crippen molar-refractivity contribution >= 4 is 17.0 Å². The van der Waals surface area contributed by atoms with Gasteiger partial charge in [0.1, 0.15) is 5.82 Å². The van der Waals surface area contributed by atoms with Gasteiger partial charge in [-0.2, -0.15) is 4.68 Å². The minimum Gasteiger partial charge on any atom is -0.448 e. The molecule has 0 spiro atoms. The first-order chi connectivity index (χ1) is 9.06. The summed E-state index contributed by atoms with van der Waals surface area (Å²) in [4.78, 5) is 28.4. The molecule has 0 N–H and O–H groups in total. The maximum atomic E-state index is 12.4. The molecule has 0 aliphatic rings. The van der Waals surface area contributed by atoms with Crippen LogP contribution in [0.5, 0.6) is 0 Å². The van der Waals surface area contributed by atoms with Crippen LogP contribution in [0.2, 0.25) is 0 Å². The number of ether oxygens (including phenoxy) is 1. The van der Waals surface area contributed by atoms with E-state index in [-0.39, 0.29) is 12.2 Å². The lowest BCUT2D eigenvalue weighted by Crippen LogP contribution is -2.45. The summed E-state index contributed by atoms with van der Waals surface area (Å²) >= 11 is 0. The van der Waals surface area contributed by atoms with Crippen LogP contribution in [-0.4, -0.2) is 29.4 Å². The van der Waals surface area contributed by atoms with Crippen LogP contribution in [0, 0.1) is 6.92 Å². The van der Waals surface area contributed by atoms with Gasteiger partial charge in [0.15, 0.2) is 0 Å². The largest absolute Gasteiger partial charge is 0.448 e. The Balaban J connectivity index is 2.61. The maximum Gasteiger partial charge on any atom is 0.428 e. The number of aryl methyl sites for hydroxylation is 1. The molecule has 0 atom stereocenters. The number of rotatable bonds is 2. The van der Waals surface area contributed by atoms with Crippen LogP contribution in [0.4, 0.5) is 4.79 Å². The summed E-state index contributed by atoms with van der Waals surface area (Å²) in [5.41, 5.74) is 0.317. The number of amides is 1. The molecule has 1 aromatic heterocycles. The highest BCUT2D eigenvalue weighted by molar-refractivity contribution is 5.80. The number of fused-ring (bicyclic) bond motifs is 1. The normalized spacial score (nSPS) is 10.5. The molecule has 1 heterocycles. The average molecular weight is 261 g/mol. The van der Waals surface area contributed by atoms with Gasteiger partial charge in [-0.05, 0) is 26.0 Å². The van der Waals surface area contributed by atoms with Crippen molar-refractivity contribution in [2.45, 2.75) is 13.8 Å². The summed E-state index contributed by atoms with van der Waals surface area (Å²) < 4.78 is 6.09. The summed E-state index contributed by atoms with van der Waals surface area (Å²) in [5.74, 6) is 0.430. The van der Waals surface area contributed by atoms with E-state index < -0.39 is 6.09 Å². The number of hydrogen-bond acceptors (Lipinski definition) is 4. The molecule has 6 heteroatoms. The first kappa shape index (κ1) is 13.1. The zero-order chi connectivity index (χ0) is 14.0. The third kappa shape index (κ3) is 2.29. The molecule has 1 aromatic carbocycles. The molecular formula is C13H15N3O3. The van der Waals surface area contributed by atoms with Gasteiger partial charge in [0.25, 0.3) is 5.56 Å². The first-order valence-electron chi connectivity index (χ1n) is 5.95. The molecular weight excluding hydrogens is 246 g/mol. The van der Waals surface area contributed by atoms with Crippen molar-refractivity contribution in [1.82, 2.24) is 9.66 Å². The standard InChI is InChI=1S/C13H15N3O3/c1-4-19-13(18)15(3)16-9(2)14-11-8-6-5-7-10(11)12(16)17/h5-8H,4H2,1-3H3. The van der Waals surface area contributed by atoms with Crippen molar-refractivity contribution in [1.29, 1.82) is 0 Å². The van der Waals surface area contributed by atoms with E-state index in [1.807, 2.05) is 6.07 Å². The van der Waals surface area contributed by atoms with Crippen LogP contribution in [-0.2, 0) is 4.74 Å². The highest BCUT2D eigenvalue weighted by Crippen LogP contribution is 2.07. The monoisotopic (exact) mass is 261 g/mol. The molecule has 0 aliphatic carbocycles. The summed E-state index contributed by atoms with van der Waals surface area (Å²) in [6, 6.07) is 7.01. The van der Waals surface area contributed by atoms with E-state index in [0.717, 1.165) is 5.01 Å². The fourth-order valence-electron chi connectivity index (χ4n) is 1.89. The Morgan fingerprint density at radius 1 is 1.42 bits per heavy atom. The molecule has 0 unspecified atom stereocenters. The minimum atomic E-state index is -0.593. The summed E-state index contributed by atoms with van der Waals surface area (Å²) in [6.07, 6.45) is -0.593. The topological polar surface area (TPSA) is 64.4 Å². The first-order valence-corrected chi connectivity index (χ1v) is 5.95. The minimum absolute atomic E-state index is 0.248. The highest BCUT2D eigenvalue weighted by atomic mass is 16.6. The highest BCUT2D eigenvalue weighted by Gasteiger charge is 2.17. The summed E-state index contributed by atoms with van der Waals surface area (Å²) in [6.45, 7) is 3.63. The number of carbonyl (C=O) groups excluding carboxylic acids is 1. The molecule has 0 saturated carbocycles. The number of para-hydroxylation sites is 1. The molecule has 0 bridgehead atoms. The number of carbonyl (C=O) groups is 1. The van der Waals surface area contributed by atoms with Crippen LogP contribution < -0.4 is 10.6 Å². The van der Waals surface area contributed by atoms with E-state index in [1.165, 1.54) is 11.7 Å². The van der Waals surface area contributed by atoms with Gasteiger partial charge in [0.05, 0.1) is 17.5 Å². The van der Waals surface area contributed by atoms with Crippen LogP contribution in [0.15, 0.2) is 29.1 Å². The molecule has 2 aromatic rings. The van der Waals surface area contributed by atoms with Crippen LogP contribution in [0.1, 0.15) is 12.7 Å². The number of nitrogens with zero attached hydrogens (tertiary/aromatic N) is 3. The lowest BCUT2D eigenvalue weighted by molar-refractivity contribution is 0.154. The van der Waals surface area contributed by atoms with Crippen molar-refractivity contribution in [2.75, 3.05) is 18.7 Å². The van der Waals surface area contributed by atoms with Gasteiger partial charge < -0.3 is 4.74 Å². The second kappa shape index (κ2) is 5.09. The number of hydrogen-bond donors (Lipinski definition) is 0. The van der Waals surface area contributed by atoms with Gasteiger partial charge in [0.2, 0.25) is 0 Å². The Hall–Kier alpha value is -2.37. The van der Waals surface area contributed by atoms with Gasteiger partial charge in [-0.3, -0.25) is 4.79 Å². The van der Waals surface area contributed by atoms with Crippen LogP contribution in [0.25, 0.3) is 10.9 Å². The zero-order valence-corrected chi connectivity index (χ0v) is 11.1. The van der Waals surface area contributed by atoms with Gasteiger partial charge in [-0.25, -0.2) is 14.8 Å². The third-order valence-electron chi connectivity index (χ3n) is 2.75. The Kier molecular flexibility index (Phi) is 3.50. The van der Waals surface area contributed by atoms with Gasteiger partial charge >= 0.3 is 6.09 Å². The number of benzene rings is 1. The Morgan fingerprint density at radius 3 is 2.79 bits per heavy atom. The smallest absolute Gasteiger partial charge is 0.428 e. The Morgan fingerprint density at radius 2 is 2.11 bits per heavy atom. The second-order valence-corrected chi connectivity index (χ2v) is 4.02.